The lowest BCUT2D eigenvalue weighted by molar-refractivity contribution is 0.187. The van der Waals surface area contributed by atoms with Crippen molar-refractivity contribution in [1.29, 1.82) is 0 Å². The molecule has 1 aromatic carbocycles. The van der Waals surface area contributed by atoms with E-state index >= 15 is 0 Å². The minimum atomic E-state index is -3.57. The summed E-state index contributed by atoms with van der Waals surface area (Å²) in [5, 5.41) is 1.75. The molecular weight excluding hydrogens is 411 g/mol. The first-order valence-corrected chi connectivity index (χ1v) is 11.8. The van der Waals surface area contributed by atoms with Gasteiger partial charge in [0.1, 0.15) is 10.0 Å². The van der Waals surface area contributed by atoms with Crippen LogP contribution >= 0.6 is 11.3 Å². The third-order valence-electron chi connectivity index (χ3n) is 5.81. The van der Waals surface area contributed by atoms with E-state index in [1.165, 1.54) is 27.8 Å². The normalized spacial score (nSPS) is 21.7. The molecule has 2 aromatic heterocycles. The maximum absolute atomic E-state index is 14.5. The first-order chi connectivity index (χ1) is 13.9. The van der Waals surface area contributed by atoms with Gasteiger partial charge in [-0.05, 0) is 35.9 Å². The van der Waals surface area contributed by atoms with Crippen LogP contribution in [0.2, 0.25) is 0 Å². The van der Waals surface area contributed by atoms with Crippen LogP contribution in [0.15, 0.2) is 62.9 Å². The maximum atomic E-state index is 14.5. The average molecular weight is 431 g/mol. The summed E-state index contributed by atoms with van der Waals surface area (Å²) < 4.78 is 44.3. The summed E-state index contributed by atoms with van der Waals surface area (Å²) in [4.78, 5) is 12.6. The monoisotopic (exact) mass is 430 g/mol. The van der Waals surface area contributed by atoms with E-state index in [4.69, 9.17) is 0 Å². The molecular formula is C21H19FN2O3S2. The highest BCUT2D eigenvalue weighted by molar-refractivity contribution is 7.91. The summed E-state index contributed by atoms with van der Waals surface area (Å²) >= 11 is 1.21. The molecule has 3 aromatic rings. The molecule has 1 fully saturated rings. The zero-order valence-corrected chi connectivity index (χ0v) is 17.1. The van der Waals surface area contributed by atoms with E-state index in [-0.39, 0.29) is 23.2 Å². The summed E-state index contributed by atoms with van der Waals surface area (Å²) in [7, 11) is -3.57. The Kier molecular flexibility index (Phi) is 4.45. The number of nitrogens with zero attached hydrogens (tertiary/aromatic N) is 2. The second-order valence-electron chi connectivity index (χ2n) is 7.61. The quantitative estimate of drug-likeness (QED) is 0.639. The molecule has 4 heterocycles. The van der Waals surface area contributed by atoms with Crippen molar-refractivity contribution in [1.82, 2.24) is 8.87 Å². The van der Waals surface area contributed by atoms with Gasteiger partial charge in [-0.2, -0.15) is 4.31 Å². The van der Waals surface area contributed by atoms with Gasteiger partial charge in [-0.1, -0.05) is 24.3 Å². The number of fused-ring (bicyclic) bond motifs is 4. The molecule has 0 N–H and O–H groups in total. The van der Waals surface area contributed by atoms with Crippen LogP contribution < -0.4 is 5.56 Å². The number of rotatable bonds is 3. The maximum Gasteiger partial charge on any atom is 0.252 e. The topological polar surface area (TPSA) is 59.4 Å². The molecule has 5 nitrogen and oxygen atoms in total. The zero-order chi connectivity index (χ0) is 20.2. The van der Waals surface area contributed by atoms with E-state index in [2.05, 4.69) is 0 Å². The number of thiophene rings is 1. The molecule has 1 saturated heterocycles. The molecule has 150 valence electrons. The molecule has 2 aliphatic rings. The van der Waals surface area contributed by atoms with Crippen LogP contribution in [0.1, 0.15) is 18.0 Å². The summed E-state index contributed by atoms with van der Waals surface area (Å²) in [6, 6.07) is 13.0. The SMILES string of the molecule is O=c1ccc(-c2ccccc2F)c2n1C[C@H]1C[C@H]2CN(S(=O)(=O)c2cccs2)C1. The Hall–Kier alpha value is -2.29. The molecule has 2 atom stereocenters. The highest BCUT2D eigenvalue weighted by atomic mass is 32.2. The number of piperidine rings is 1. The van der Waals surface area contributed by atoms with Gasteiger partial charge in [0.2, 0.25) is 0 Å². The van der Waals surface area contributed by atoms with Crippen molar-refractivity contribution in [2.45, 2.75) is 23.1 Å². The van der Waals surface area contributed by atoms with Gasteiger partial charge >= 0.3 is 0 Å². The number of aromatic nitrogens is 1. The van der Waals surface area contributed by atoms with Crippen molar-refractivity contribution in [3.8, 4) is 11.1 Å². The van der Waals surface area contributed by atoms with Crippen molar-refractivity contribution >= 4 is 21.4 Å². The first-order valence-electron chi connectivity index (χ1n) is 9.47. The third-order valence-corrected chi connectivity index (χ3v) is 9.01. The molecule has 2 bridgehead atoms. The number of halogens is 1. The van der Waals surface area contributed by atoms with Gasteiger partial charge in [-0.3, -0.25) is 4.79 Å². The number of sulfonamides is 1. The van der Waals surface area contributed by atoms with E-state index in [1.54, 1.807) is 46.3 Å². The standard InChI is InChI=1S/C21H19FN2O3S2/c22-18-5-2-1-4-16(18)17-7-8-19(25)24-12-14-10-15(21(17)24)13-23(11-14)29(26,27)20-6-3-9-28-20/h1-9,14-15H,10-13H2/t14-,15-/m0/s1. The predicted molar refractivity (Wildman–Crippen MR) is 110 cm³/mol. The Balaban J connectivity index is 1.62. The fourth-order valence-electron chi connectivity index (χ4n) is 4.61. The van der Waals surface area contributed by atoms with Crippen molar-refractivity contribution in [2.24, 2.45) is 5.92 Å². The molecule has 0 unspecified atom stereocenters. The molecule has 8 heteroatoms. The van der Waals surface area contributed by atoms with Crippen LogP contribution in [0.3, 0.4) is 0 Å². The molecule has 0 spiro atoms. The number of benzene rings is 1. The van der Waals surface area contributed by atoms with Crippen molar-refractivity contribution < 1.29 is 12.8 Å². The second kappa shape index (κ2) is 6.90. The lowest BCUT2D eigenvalue weighted by atomic mass is 9.81. The summed E-state index contributed by atoms with van der Waals surface area (Å²) in [5.74, 6) is -0.444. The fraction of sp³-hybridized carbons (Fsp3) is 0.286. The molecule has 0 aliphatic carbocycles. The molecule has 0 amide bonds. The summed E-state index contributed by atoms with van der Waals surface area (Å²) in [5.41, 5.74) is 1.73. The minimum Gasteiger partial charge on any atom is -0.311 e. The van der Waals surface area contributed by atoms with Gasteiger partial charge in [0.25, 0.3) is 15.6 Å². The number of hydrogen-bond acceptors (Lipinski definition) is 4. The van der Waals surface area contributed by atoms with Crippen molar-refractivity contribution in [2.75, 3.05) is 13.1 Å². The Bertz CT molecular complexity index is 1240. The summed E-state index contributed by atoms with van der Waals surface area (Å²) in [6.07, 6.45) is 0.793. The van der Waals surface area contributed by atoms with Crippen LogP contribution in [-0.4, -0.2) is 30.4 Å². The lowest BCUT2D eigenvalue weighted by Crippen LogP contribution is -2.49. The van der Waals surface area contributed by atoms with Gasteiger partial charge < -0.3 is 4.57 Å². The Morgan fingerprint density at radius 1 is 0.966 bits per heavy atom. The molecule has 5 rings (SSSR count). The smallest absolute Gasteiger partial charge is 0.252 e. The van der Waals surface area contributed by atoms with E-state index in [0.29, 0.717) is 35.0 Å². The molecule has 2 aliphatic heterocycles. The summed E-state index contributed by atoms with van der Waals surface area (Å²) in [6.45, 7) is 1.14. The largest absolute Gasteiger partial charge is 0.311 e. The van der Waals surface area contributed by atoms with E-state index in [9.17, 15) is 17.6 Å². The highest BCUT2D eigenvalue weighted by Gasteiger charge is 2.41. The van der Waals surface area contributed by atoms with Gasteiger partial charge in [-0.25, -0.2) is 12.8 Å². The van der Waals surface area contributed by atoms with Gasteiger partial charge in [0.05, 0.1) is 0 Å². The minimum absolute atomic E-state index is 0.0598. The highest BCUT2D eigenvalue weighted by Crippen LogP contribution is 2.41. The van der Waals surface area contributed by atoms with Crippen molar-refractivity contribution in [3.05, 3.63) is 75.8 Å². The van der Waals surface area contributed by atoms with E-state index in [1.807, 2.05) is 0 Å². The molecule has 0 radical (unpaired) electrons. The van der Waals surface area contributed by atoms with Crippen LogP contribution in [-0.2, 0) is 16.6 Å². The fourth-order valence-corrected chi connectivity index (χ4v) is 7.32. The van der Waals surface area contributed by atoms with Crippen molar-refractivity contribution in [3.63, 3.8) is 0 Å². The van der Waals surface area contributed by atoms with Gasteiger partial charge in [-0.15, -0.1) is 11.3 Å². The average Bonchev–Trinajstić information content (AvgIpc) is 3.25. The van der Waals surface area contributed by atoms with Crippen LogP contribution in [0.25, 0.3) is 11.1 Å². The number of pyridine rings is 1. The third kappa shape index (κ3) is 3.06. The van der Waals surface area contributed by atoms with Crippen LogP contribution in [0.4, 0.5) is 4.39 Å². The van der Waals surface area contributed by atoms with E-state index < -0.39 is 10.0 Å². The first kappa shape index (κ1) is 18.7. The van der Waals surface area contributed by atoms with Gasteiger partial charge in [0.15, 0.2) is 0 Å². The van der Waals surface area contributed by atoms with E-state index in [0.717, 1.165) is 12.1 Å². The van der Waals surface area contributed by atoms with Crippen LogP contribution in [0.5, 0.6) is 0 Å². The predicted octanol–water partition coefficient (Wildman–Crippen LogP) is 3.52. The molecule has 29 heavy (non-hydrogen) atoms. The lowest BCUT2D eigenvalue weighted by Gasteiger charge is -2.42. The Morgan fingerprint density at radius 3 is 2.55 bits per heavy atom. The number of hydrogen-bond donors (Lipinski definition) is 0. The second-order valence-corrected chi connectivity index (χ2v) is 10.7. The Labute approximate surface area is 172 Å². The molecule has 0 saturated carbocycles. The Morgan fingerprint density at radius 2 is 1.79 bits per heavy atom. The van der Waals surface area contributed by atoms with Gasteiger partial charge in [0, 0.05) is 48.4 Å². The van der Waals surface area contributed by atoms with Crippen LogP contribution in [0, 0.1) is 11.7 Å². The zero-order valence-electron chi connectivity index (χ0n) is 15.5.